The molecule has 0 bridgehead atoms. The van der Waals surface area contributed by atoms with Crippen molar-refractivity contribution < 1.29 is 13.9 Å². The van der Waals surface area contributed by atoms with E-state index in [0.717, 1.165) is 13.1 Å². The number of hydrogen-bond acceptors (Lipinski definition) is 5. The standard InChI is InChI=1S/C18H22F2N4O/c1-12-10-23(11-13(2)24(12)8-9-25)17-7-6-16(21-22-17)18-14(19)4-3-5-15(18)20/h3-7,12-13,25H,8-11H2,1-2H3/t12-,13+. The number of hydrogen-bond donors (Lipinski definition) is 1. The average Bonchev–Trinajstić information content (AvgIpc) is 2.58. The van der Waals surface area contributed by atoms with Gasteiger partial charge in [-0.25, -0.2) is 8.78 Å². The molecule has 1 fully saturated rings. The van der Waals surface area contributed by atoms with Gasteiger partial charge in [-0.15, -0.1) is 10.2 Å². The minimum atomic E-state index is -0.651. The van der Waals surface area contributed by atoms with Crippen LogP contribution in [0.3, 0.4) is 0 Å². The van der Waals surface area contributed by atoms with Crippen LogP contribution >= 0.6 is 0 Å². The highest BCUT2D eigenvalue weighted by atomic mass is 19.1. The predicted molar refractivity (Wildman–Crippen MR) is 92.3 cm³/mol. The number of aliphatic hydroxyl groups excluding tert-OH is 1. The summed E-state index contributed by atoms with van der Waals surface area (Å²) in [7, 11) is 0. The zero-order valence-corrected chi connectivity index (χ0v) is 14.4. The maximum Gasteiger partial charge on any atom is 0.151 e. The van der Waals surface area contributed by atoms with Crippen molar-refractivity contribution in [3.05, 3.63) is 42.0 Å². The van der Waals surface area contributed by atoms with Crippen molar-refractivity contribution >= 4 is 5.82 Å². The highest BCUT2D eigenvalue weighted by Crippen LogP contribution is 2.26. The Kier molecular flexibility index (Phi) is 5.24. The first-order valence-corrected chi connectivity index (χ1v) is 8.41. The van der Waals surface area contributed by atoms with Gasteiger partial charge < -0.3 is 10.0 Å². The summed E-state index contributed by atoms with van der Waals surface area (Å²) >= 11 is 0. The Morgan fingerprint density at radius 3 is 2.20 bits per heavy atom. The molecule has 0 saturated carbocycles. The molecule has 2 atom stereocenters. The van der Waals surface area contributed by atoms with E-state index in [0.29, 0.717) is 12.4 Å². The van der Waals surface area contributed by atoms with Crippen LogP contribution in [-0.4, -0.2) is 58.5 Å². The van der Waals surface area contributed by atoms with E-state index in [1.165, 1.54) is 18.2 Å². The fourth-order valence-electron chi connectivity index (χ4n) is 3.47. The fraction of sp³-hybridized carbons (Fsp3) is 0.444. The van der Waals surface area contributed by atoms with E-state index >= 15 is 0 Å². The second-order valence-electron chi connectivity index (χ2n) is 6.44. The van der Waals surface area contributed by atoms with Crippen molar-refractivity contribution in [1.29, 1.82) is 0 Å². The van der Waals surface area contributed by atoms with Gasteiger partial charge in [-0.3, -0.25) is 4.90 Å². The van der Waals surface area contributed by atoms with Gasteiger partial charge in [0.1, 0.15) is 11.6 Å². The number of aliphatic hydroxyl groups is 1. The van der Waals surface area contributed by atoms with E-state index < -0.39 is 11.6 Å². The number of anilines is 1. The van der Waals surface area contributed by atoms with Crippen LogP contribution in [0.5, 0.6) is 0 Å². The number of benzene rings is 1. The molecule has 0 aliphatic carbocycles. The molecule has 0 radical (unpaired) electrons. The molecular formula is C18H22F2N4O. The fourth-order valence-corrected chi connectivity index (χ4v) is 3.47. The van der Waals surface area contributed by atoms with Crippen LogP contribution in [0.2, 0.25) is 0 Å². The van der Waals surface area contributed by atoms with Gasteiger partial charge in [0.15, 0.2) is 5.82 Å². The quantitative estimate of drug-likeness (QED) is 0.919. The van der Waals surface area contributed by atoms with Gasteiger partial charge in [-0.2, -0.15) is 0 Å². The Balaban J connectivity index is 1.79. The highest BCUT2D eigenvalue weighted by Gasteiger charge is 2.29. The van der Waals surface area contributed by atoms with E-state index in [2.05, 4.69) is 33.8 Å². The summed E-state index contributed by atoms with van der Waals surface area (Å²) in [5, 5.41) is 17.4. The van der Waals surface area contributed by atoms with Crippen LogP contribution in [0.4, 0.5) is 14.6 Å². The number of aromatic nitrogens is 2. The van der Waals surface area contributed by atoms with Gasteiger partial charge >= 0.3 is 0 Å². The average molecular weight is 348 g/mol. The molecule has 0 unspecified atom stereocenters. The molecule has 3 rings (SSSR count). The van der Waals surface area contributed by atoms with E-state index in [9.17, 15) is 13.9 Å². The lowest BCUT2D eigenvalue weighted by Crippen LogP contribution is -2.57. The molecule has 1 aliphatic heterocycles. The van der Waals surface area contributed by atoms with Gasteiger partial charge in [-0.1, -0.05) is 6.07 Å². The Morgan fingerprint density at radius 1 is 1.04 bits per heavy atom. The number of β-amino-alcohol motifs (C(OH)–C–C–N with tert-alkyl or cyclic N) is 1. The first-order chi connectivity index (χ1) is 12.0. The lowest BCUT2D eigenvalue weighted by Gasteiger charge is -2.44. The second kappa shape index (κ2) is 7.41. The number of rotatable bonds is 4. The van der Waals surface area contributed by atoms with E-state index in [-0.39, 0.29) is 29.9 Å². The van der Waals surface area contributed by atoms with Gasteiger partial charge in [-0.05, 0) is 38.1 Å². The van der Waals surface area contributed by atoms with Crippen LogP contribution in [0.25, 0.3) is 11.3 Å². The summed E-state index contributed by atoms with van der Waals surface area (Å²) in [6.07, 6.45) is 0. The zero-order valence-electron chi connectivity index (χ0n) is 14.4. The van der Waals surface area contributed by atoms with Crippen molar-refractivity contribution in [3.63, 3.8) is 0 Å². The number of piperazine rings is 1. The molecule has 1 aromatic heterocycles. The highest BCUT2D eigenvalue weighted by molar-refractivity contribution is 5.61. The molecule has 25 heavy (non-hydrogen) atoms. The molecule has 2 aromatic rings. The molecule has 7 heteroatoms. The van der Waals surface area contributed by atoms with E-state index in [1.54, 1.807) is 12.1 Å². The van der Waals surface area contributed by atoms with Crippen LogP contribution in [-0.2, 0) is 0 Å². The van der Waals surface area contributed by atoms with Crippen molar-refractivity contribution in [3.8, 4) is 11.3 Å². The third-order valence-electron chi connectivity index (χ3n) is 4.65. The smallest absolute Gasteiger partial charge is 0.151 e. The second-order valence-corrected chi connectivity index (χ2v) is 6.44. The molecule has 1 saturated heterocycles. The lowest BCUT2D eigenvalue weighted by atomic mass is 10.1. The number of halogens is 2. The minimum Gasteiger partial charge on any atom is -0.395 e. The van der Waals surface area contributed by atoms with Gasteiger partial charge in [0.2, 0.25) is 0 Å². The van der Waals surface area contributed by atoms with Crippen molar-refractivity contribution in [2.24, 2.45) is 0 Å². The molecule has 134 valence electrons. The van der Waals surface area contributed by atoms with Gasteiger partial charge in [0, 0.05) is 31.7 Å². The number of nitrogens with zero attached hydrogens (tertiary/aromatic N) is 4. The predicted octanol–water partition coefficient (Wildman–Crippen LogP) is 2.31. The summed E-state index contributed by atoms with van der Waals surface area (Å²) < 4.78 is 27.7. The maximum atomic E-state index is 13.9. The molecule has 1 aliphatic rings. The summed E-state index contributed by atoms with van der Waals surface area (Å²) in [5.41, 5.74) is 0.0235. The first-order valence-electron chi connectivity index (χ1n) is 8.41. The molecule has 2 heterocycles. The lowest BCUT2D eigenvalue weighted by molar-refractivity contribution is 0.102. The Bertz CT molecular complexity index is 693. The Morgan fingerprint density at radius 2 is 1.68 bits per heavy atom. The SMILES string of the molecule is C[C@@H]1CN(c2ccc(-c3c(F)cccc3F)nn2)C[C@H](C)N1CCO. The van der Waals surface area contributed by atoms with Crippen molar-refractivity contribution in [2.75, 3.05) is 31.1 Å². The summed E-state index contributed by atoms with van der Waals surface area (Å²) in [6, 6.07) is 7.61. The Labute approximate surface area is 145 Å². The van der Waals surface area contributed by atoms with E-state index in [1.807, 2.05) is 0 Å². The van der Waals surface area contributed by atoms with Crippen LogP contribution in [0.1, 0.15) is 13.8 Å². The monoisotopic (exact) mass is 348 g/mol. The minimum absolute atomic E-state index is 0.136. The van der Waals surface area contributed by atoms with Crippen molar-refractivity contribution in [1.82, 2.24) is 15.1 Å². The molecule has 0 amide bonds. The molecule has 0 spiro atoms. The summed E-state index contributed by atoms with van der Waals surface area (Å²) in [4.78, 5) is 4.37. The van der Waals surface area contributed by atoms with Gasteiger partial charge in [0.25, 0.3) is 0 Å². The summed E-state index contributed by atoms with van der Waals surface area (Å²) in [5.74, 6) is -0.619. The van der Waals surface area contributed by atoms with Crippen molar-refractivity contribution in [2.45, 2.75) is 25.9 Å². The van der Waals surface area contributed by atoms with Crippen LogP contribution < -0.4 is 4.90 Å². The molecule has 1 aromatic carbocycles. The topological polar surface area (TPSA) is 52.5 Å². The maximum absolute atomic E-state index is 13.9. The molecule has 1 N–H and O–H groups in total. The van der Waals surface area contributed by atoms with E-state index in [4.69, 9.17) is 0 Å². The first kappa shape index (κ1) is 17.7. The third kappa shape index (κ3) is 3.62. The van der Waals surface area contributed by atoms with Crippen LogP contribution in [0, 0.1) is 11.6 Å². The molecular weight excluding hydrogens is 326 g/mol. The van der Waals surface area contributed by atoms with Gasteiger partial charge in [0.05, 0.1) is 17.9 Å². The third-order valence-corrected chi connectivity index (χ3v) is 4.65. The summed E-state index contributed by atoms with van der Waals surface area (Å²) in [6.45, 7) is 6.51. The zero-order chi connectivity index (χ0) is 18.0. The normalized spacial score (nSPS) is 21.6. The molecule has 5 nitrogen and oxygen atoms in total. The Hall–Kier alpha value is -2.12. The largest absolute Gasteiger partial charge is 0.395 e. The van der Waals surface area contributed by atoms with Crippen LogP contribution in [0.15, 0.2) is 30.3 Å².